The summed E-state index contributed by atoms with van der Waals surface area (Å²) in [5.41, 5.74) is 1.69. The molecule has 0 spiro atoms. The number of hydrogen-bond donors (Lipinski definition) is 4. The van der Waals surface area contributed by atoms with Crippen LogP contribution in [-0.2, 0) is 4.74 Å². The highest BCUT2D eigenvalue weighted by Crippen LogP contribution is 2.40. The van der Waals surface area contributed by atoms with Gasteiger partial charge in [0.2, 0.25) is 0 Å². The normalized spacial score (nSPS) is 25.0. The van der Waals surface area contributed by atoms with Gasteiger partial charge < -0.3 is 25.2 Å². The zero-order valence-electron chi connectivity index (χ0n) is 11.9. The minimum atomic E-state index is -0.669. The van der Waals surface area contributed by atoms with Crippen molar-refractivity contribution in [1.29, 1.82) is 0 Å². The van der Waals surface area contributed by atoms with Crippen molar-refractivity contribution in [3.05, 3.63) is 53.6 Å². The molecule has 1 aliphatic rings. The molecular weight excluding hydrogens is 284 g/mol. The highest BCUT2D eigenvalue weighted by molar-refractivity contribution is 5.42. The van der Waals surface area contributed by atoms with Gasteiger partial charge in [0.15, 0.2) is 11.5 Å². The van der Waals surface area contributed by atoms with Crippen molar-refractivity contribution in [3.8, 4) is 17.2 Å². The minimum absolute atomic E-state index is 0.180. The molecule has 0 radical (unpaired) electrons. The molecule has 22 heavy (non-hydrogen) atoms. The number of phenols is 3. The Morgan fingerprint density at radius 2 is 1.55 bits per heavy atom. The van der Waals surface area contributed by atoms with Crippen molar-refractivity contribution in [2.24, 2.45) is 0 Å². The Kier molecular flexibility index (Phi) is 3.92. The molecule has 3 rings (SSSR count). The second-order valence-corrected chi connectivity index (χ2v) is 5.57. The number of aliphatic hydroxyl groups is 1. The van der Waals surface area contributed by atoms with Crippen molar-refractivity contribution >= 4 is 0 Å². The molecule has 1 heterocycles. The number of benzene rings is 2. The van der Waals surface area contributed by atoms with E-state index in [1.54, 1.807) is 30.3 Å². The van der Waals surface area contributed by atoms with Crippen molar-refractivity contribution in [3.63, 3.8) is 0 Å². The van der Waals surface area contributed by atoms with Crippen molar-refractivity contribution in [1.82, 2.24) is 0 Å². The number of aliphatic hydroxyl groups excluding tert-OH is 1. The fraction of sp³-hybridized carbons (Fsp3) is 0.294. The Labute approximate surface area is 128 Å². The third-order valence-corrected chi connectivity index (χ3v) is 4.09. The maximum Gasteiger partial charge on any atom is 0.157 e. The molecule has 1 aliphatic heterocycles. The largest absolute Gasteiger partial charge is 0.508 e. The van der Waals surface area contributed by atoms with Crippen LogP contribution >= 0.6 is 0 Å². The van der Waals surface area contributed by atoms with Crippen LogP contribution in [0.1, 0.15) is 29.6 Å². The van der Waals surface area contributed by atoms with Crippen LogP contribution in [0.15, 0.2) is 42.5 Å². The summed E-state index contributed by atoms with van der Waals surface area (Å²) in [6.45, 7) is 0.192. The van der Waals surface area contributed by atoms with E-state index >= 15 is 0 Å². The molecule has 1 saturated heterocycles. The minimum Gasteiger partial charge on any atom is -0.508 e. The van der Waals surface area contributed by atoms with Crippen LogP contribution < -0.4 is 0 Å². The molecule has 0 unspecified atom stereocenters. The first kappa shape index (κ1) is 14.7. The van der Waals surface area contributed by atoms with Crippen LogP contribution in [0.2, 0.25) is 0 Å². The number of ether oxygens (including phenoxy) is 1. The summed E-state index contributed by atoms with van der Waals surface area (Å²) in [5.74, 6) is -0.378. The van der Waals surface area contributed by atoms with Crippen LogP contribution in [0.3, 0.4) is 0 Å². The van der Waals surface area contributed by atoms with Crippen LogP contribution in [0.25, 0.3) is 0 Å². The van der Waals surface area contributed by atoms with Gasteiger partial charge in [-0.2, -0.15) is 0 Å². The summed E-state index contributed by atoms with van der Waals surface area (Å²) in [4.78, 5) is 0. The molecule has 5 nitrogen and oxygen atoms in total. The Balaban J connectivity index is 1.84. The molecule has 5 heteroatoms. The number of aromatic hydroxyl groups is 3. The molecule has 3 atom stereocenters. The zero-order chi connectivity index (χ0) is 15.7. The van der Waals surface area contributed by atoms with Crippen molar-refractivity contribution < 1.29 is 25.2 Å². The predicted molar refractivity (Wildman–Crippen MR) is 79.9 cm³/mol. The predicted octanol–water partition coefficient (Wildman–Crippen LogP) is 2.41. The van der Waals surface area contributed by atoms with Crippen molar-refractivity contribution in [2.75, 3.05) is 6.61 Å². The lowest BCUT2D eigenvalue weighted by Crippen LogP contribution is -2.32. The summed E-state index contributed by atoms with van der Waals surface area (Å²) in [5, 5.41) is 38.6. The Morgan fingerprint density at radius 3 is 2.23 bits per heavy atom. The fourth-order valence-corrected chi connectivity index (χ4v) is 2.84. The van der Waals surface area contributed by atoms with E-state index in [2.05, 4.69) is 0 Å². The van der Waals surface area contributed by atoms with Gasteiger partial charge >= 0.3 is 0 Å². The van der Waals surface area contributed by atoms with Gasteiger partial charge in [0.05, 0.1) is 18.8 Å². The Hall–Kier alpha value is -2.24. The van der Waals surface area contributed by atoms with Gasteiger partial charge in [-0.15, -0.1) is 0 Å². The monoisotopic (exact) mass is 302 g/mol. The third kappa shape index (κ3) is 2.86. The fourth-order valence-electron chi connectivity index (χ4n) is 2.84. The van der Waals surface area contributed by atoms with E-state index in [1.807, 2.05) is 0 Å². The van der Waals surface area contributed by atoms with Crippen LogP contribution in [0.4, 0.5) is 0 Å². The standard InChI is InChI=1S/C17H18O5/c18-12-4-1-10(2-5-12)17-8-13(16(21)9-22-17)11-3-6-14(19)15(20)7-11/h1-7,13,16-21H,8-9H2/t13-,16+,17+/m1/s1. The molecule has 1 fully saturated rings. The lowest BCUT2D eigenvalue weighted by atomic mass is 9.84. The zero-order valence-corrected chi connectivity index (χ0v) is 11.9. The van der Waals surface area contributed by atoms with E-state index in [-0.39, 0.29) is 35.9 Å². The molecule has 0 saturated carbocycles. The Morgan fingerprint density at radius 1 is 0.864 bits per heavy atom. The topological polar surface area (TPSA) is 90.2 Å². The van der Waals surface area contributed by atoms with Gasteiger partial charge in [-0.3, -0.25) is 0 Å². The summed E-state index contributed by atoms with van der Waals surface area (Å²) in [6, 6.07) is 11.4. The molecule has 0 aliphatic carbocycles. The summed E-state index contributed by atoms with van der Waals surface area (Å²) < 4.78 is 5.68. The molecule has 0 amide bonds. The van der Waals surface area contributed by atoms with Gasteiger partial charge in [0.25, 0.3) is 0 Å². The highest BCUT2D eigenvalue weighted by atomic mass is 16.5. The second kappa shape index (κ2) is 5.87. The third-order valence-electron chi connectivity index (χ3n) is 4.09. The van der Waals surface area contributed by atoms with Crippen LogP contribution in [-0.4, -0.2) is 33.1 Å². The van der Waals surface area contributed by atoms with Gasteiger partial charge in [-0.05, 0) is 41.8 Å². The van der Waals surface area contributed by atoms with Crippen LogP contribution in [0.5, 0.6) is 17.2 Å². The summed E-state index contributed by atoms with van der Waals surface area (Å²) in [6.07, 6.45) is -0.307. The van der Waals surface area contributed by atoms with Crippen LogP contribution in [0, 0.1) is 0 Å². The molecule has 2 aromatic rings. The SMILES string of the molecule is Oc1ccc([C@@H]2C[C@H](c3ccc(O)c(O)c3)[C@@H](O)CO2)cc1. The smallest absolute Gasteiger partial charge is 0.157 e. The van der Waals surface area contributed by atoms with E-state index in [1.165, 1.54) is 12.1 Å². The first-order valence-corrected chi connectivity index (χ1v) is 7.15. The van der Waals surface area contributed by atoms with Gasteiger partial charge in [-0.1, -0.05) is 18.2 Å². The molecule has 0 aromatic heterocycles. The average Bonchev–Trinajstić information content (AvgIpc) is 2.51. The van der Waals surface area contributed by atoms with E-state index < -0.39 is 6.10 Å². The maximum atomic E-state index is 10.2. The molecule has 116 valence electrons. The lowest BCUT2D eigenvalue weighted by molar-refractivity contribution is -0.0699. The van der Waals surface area contributed by atoms with E-state index in [9.17, 15) is 20.4 Å². The highest BCUT2D eigenvalue weighted by Gasteiger charge is 2.32. The van der Waals surface area contributed by atoms with Crippen molar-refractivity contribution in [2.45, 2.75) is 24.5 Å². The lowest BCUT2D eigenvalue weighted by Gasteiger charge is -2.34. The van der Waals surface area contributed by atoms with E-state index in [0.717, 1.165) is 11.1 Å². The van der Waals surface area contributed by atoms with E-state index in [0.29, 0.717) is 6.42 Å². The molecule has 0 bridgehead atoms. The quantitative estimate of drug-likeness (QED) is 0.640. The molecule has 4 N–H and O–H groups in total. The molecule has 2 aromatic carbocycles. The number of rotatable bonds is 2. The second-order valence-electron chi connectivity index (χ2n) is 5.57. The van der Waals surface area contributed by atoms with Gasteiger partial charge in [0.1, 0.15) is 5.75 Å². The van der Waals surface area contributed by atoms with Gasteiger partial charge in [0, 0.05) is 5.92 Å². The summed E-state index contributed by atoms with van der Waals surface area (Å²) >= 11 is 0. The average molecular weight is 302 g/mol. The van der Waals surface area contributed by atoms with Gasteiger partial charge in [-0.25, -0.2) is 0 Å². The first-order chi connectivity index (χ1) is 10.5. The maximum absolute atomic E-state index is 10.2. The number of hydrogen-bond acceptors (Lipinski definition) is 5. The Bertz CT molecular complexity index is 653. The van der Waals surface area contributed by atoms with E-state index in [4.69, 9.17) is 4.74 Å². The number of phenolic OH excluding ortho intramolecular Hbond substituents is 3. The first-order valence-electron chi connectivity index (χ1n) is 7.15. The molecular formula is C17H18O5. The summed E-state index contributed by atoms with van der Waals surface area (Å²) in [7, 11) is 0.